The minimum atomic E-state index is 0.0792. The molecule has 0 aliphatic rings. The van der Waals surface area contributed by atoms with Crippen LogP contribution in [0, 0.1) is 13.8 Å². The van der Waals surface area contributed by atoms with E-state index in [0.717, 1.165) is 32.8 Å². The molecule has 118 valence electrons. The normalized spacial score (nSPS) is 12.1. The lowest BCUT2D eigenvalue weighted by Crippen LogP contribution is -2.31. The van der Waals surface area contributed by atoms with Gasteiger partial charge in [0, 0.05) is 17.5 Å². The highest BCUT2D eigenvalue weighted by molar-refractivity contribution is 9.10. The predicted molar refractivity (Wildman–Crippen MR) is 91.3 cm³/mol. The van der Waals surface area contributed by atoms with Crippen LogP contribution in [0.2, 0.25) is 5.02 Å². The summed E-state index contributed by atoms with van der Waals surface area (Å²) < 4.78 is 6.63. The Balaban J connectivity index is 2.45. The van der Waals surface area contributed by atoms with Crippen molar-refractivity contribution in [3.05, 3.63) is 26.7 Å². The van der Waals surface area contributed by atoms with Crippen molar-refractivity contribution in [3.63, 3.8) is 0 Å². The molecule has 1 amide bonds. The Kier molecular flexibility index (Phi) is 7.53. The predicted octanol–water partition coefficient (Wildman–Crippen LogP) is 4.79. The standard InChI is InChI=1S/C16H23BrClNO2/c1-5-11(3)19-14(20)7-6-8-21-13-9-10(2)16(18)12(4)15(13)17/h9,11H,5-8H2,1-4H3,(H,19,20). The summed E-state index contributed by atoms with van der Waals surface area (Å²) in [7, 11) is 0. The van der Waals surface area contributed by atoms with Crippen molar-refractivity contribution in [2.75, 3.05) is 6.61 Å². The van der Waals surface area contributed by atoms with Crippen LogP contribution < -0.4 is 10.1 Å². The third-order valence-corrected chi connectivity index (χ3v) is 4.96. The minimum absolute atomic E-state index is 0.0792. The number of carbonyl (C=O) groups is 1. The topological polar surface area (TPSA) is 38.3 Å². The largest absolute Gasteiger partial charge is 0.492 e. The Morgan fingerprint density at radius 2 is 2.14 bits per heavy atom. The van der Waals surface area contributed by atoms with Crippen LogP contribution in [0.3, 0.4) is 0 Å². The van der Waals surface area contributed by atoms with Crippen LogP contribution in [0.5, 0.6) is 5.75 Å². The molecule has 0 aromatic heterocycles. The Hall–Kier alpha value is -0.740. The van der Waals surface area contributed by atoms with E-state index in [0.29, 0.717) is 19.4 Å². The van der Waals surface area contributed by atoms with Crippen LogP contribution in [0.1, 0.15) is 44.2 Å². The van der Waals surface area contributed by atoms with Crippen LogP contribution in [0.25, 0.3) is 0 Å². The van der Waals surface area contributed by atoms with Gasteiger partial charge in [0.05, 0.1) is 11.1 Å². The summed E-state index contributed by atoms with van der Waals surface area (Å²) in [6.45, 7) is 8.47. The number of aryl methyl sites for hydroxylation is 1. The molecular formula is C16H23BrClNO2. The number of nitrogens with one attached hydrogen (secondary N) is 1. The summed E-state index contributed by atoms with van der Waals surface area (Å²) in [6, 6.07) is 2.15. The van der Waals surface area contributed by atoms with E-state index in [1.54, 1.807) is 0 Å². The number of halogens is 2. The molecule has 1 unspecified atom stereocenters. The second-order valence-corrected chi connectivity index (χ2v) is 6.44. The van der Waals surface area contributed by atoms with Crippen molar-refractivity contribution in [1.82, 2.24) is 5.32 Å². The van der Waals surface area contributed by atoms with Gasteiger partial charge in [-0.3, -0.25) is 4.79 Å². The van der Waals surface area contributed by atoms with E-state index in [9.17, 15) is 4.79 Å². The van der Waals surface area contributed by atoms with Crippen molar-refractivity contribution < 1.29 is 9.53 Å². The first-order valence-corrected chi connectivity index (χ1v) is 8.41. The van der Waals surface area contributed by atoms with E-state index < -0.39 is 0 Å². The van der Waals surface area contributed by atoms with Crippen molar-refractivity contribution in [3.8, 4) is 5.75 Å². The SMILES string of the molecule is CCC(C)NC(=O)CCCOc1cc(C)c(Cl)c(C)c1Br. The molecule has 5 heteroatoms. The lowest BCUT2D eigenvalue weighted by molar-refractivity contribution is -0.121. The van der Waals surface area contributed by atoms with Gasteiger partial charge in [-0.15, -0.1) is 0 Å². The van der Waals surface area contributed by atoms with Crippen LogP contribution in [-0.4, -0.2) is 18.6 Å². The summed E-state index contributed by atoms with van der Waals surface area (Å²) in [5, 5.41) is 3.70. The summed E-state index contributed by atoms with van der Waals surface area (Å²) >= 11 is 9.68. The molecule has 1 rings (SSSR count). The van der Waals surface area contributed by atoms with Gasteiger partial charge in [0.1, 0.15) is 5.75 Å². The second kappa shape index (κ2) is 8.64. The van der Waals surface area contributed by atoms with Crippen molar-refractivity contribution in [1.29, 1.82) is 0 Å². The van der Waals surface area contributed by atoms with Gasteiger partial charge in [-0.1, -0.05) is 18.5 Å². The highest BCUT2D eigenvalue weighted by Crippen LogP contribution is 2.35. The van der Waals surface area contributed by atoms with E-state index in [2.05, 4.69) is 28.2 Å². The van der Waals surface area contributed by atoms with Crippen LogP contribution in [0.4, 0.5) is 0 Å². The van der Waals surface area contributed by atoms with Crippen LogP contribution in [-0.2, 0) is 4.79 Å². The first kappa shape index (κ1) is 18.3. The molecule has 0 aliphatic heterocycles. The van der Waals surface area contributed by atoms with E-state index >= 15 is 0 Å². The fourth-order valence-corrected chi connectivity index (χ4v) is 2.56. The highest BCUT2D eigenvalue weighted by atomic mass is 79.9. The Bertz CT molecular complexity index is 506. The maximum Gasteiger partial charge on any atom is 0.220 e. The maximum absolute atomic E-state index is 11.7. The number of hydrogen-bond acceptors (Lipinski definition) is 2. The Labute approximate surface area is 140 Å². The van der Waals surface area contributed by atoms with Gasteiger partial charge in [0.15, 0.2) is 0 Å². The van der Waals surface area contributed by atoms with Crippen molar-refractivity contribution >= 4 is 33.4 Å². The number of rotatable bonds is 7. The minimum Gasteiger partial charge on any atom is -0.492 e. The number of amides is 1. The van der Waals surface area contributed by atoms with Crippen LogP contribution in [0.15, 0.2) is 10.5 Å². The lowest BCUT2D eigenvalue weighted by Gasteiger charge is -2.14. The summed E-state index contributed by atoms with van der Waals surface area (Å²) in [4.78, 5) is 11.7. The zero-order valence-corrected chi connectivity index (χ0v) is 15.4. The molecule has 0 spiro atoms. The zero-order valence-electron chi connectivity index (χ0n) is 13.1. The zero-order chi connectivity index (χ0) is 16.0. The van der Waals surface area contributed by atoms with Gasteiger partial charge in [-0.25, -0.2) is 0 Å². The molecule has 1 atom stereocenters. The molecule has 0 aliphatic carbocycles. The molecule has 0 fully saturated rings. The first-order valence-electron chi connectivity index (χ1n) is 7.24. The molecule has 0 bridgehead atoms. The summed E-state index contributed by atoms with van der Waals surface area (Å²) in [5.41, 5.74) is 1.96. The van der Waals surface area contributed by atoms with Crippen molar-refractivity contribution in [2.45, 2.75) is 53.0 Å². The fraction of sp³-hybridized carbons (Fsp3) is 0.562. The smallest absolute Gasteiger partial charge is 0.220 e. The third kappa shape index (κ3) is 5.51. The number of carbonyl (C=O) groups excluding carboxylic acids is 1. The fourth-order valence-electron chi connectivity index (χ4n) is 1.87. The molecule has 0 saturated heterocycles. The number of ether oxygens (including phenoxy) is 1. The molecule has 1 aromatic carbocycles. The second-order valence-electron chi connectivity index (χ2n) is 5.27. The molecule has 21 heavy (non-hydrogen) atoms. The first-order chi connectivity index (χ1) is 9.86. The van der Waals surface area contributed by atoms with Crippen molar-refractivity contribution in [2.24, 2.45) is 0 Å². The monoisotopic (exact) mass is 375 g/mol. The van der Waals surface area contributed by atoms with Gasteiger partial charge >= 0.3 is 0 Å². The lowest BCUT2D eigenvalue weighted by atomic mass is 10.1. The Morgan fingerprint density at radius 1 is 1.48 bits per heavy atom. The average molecular weight is 377 g/mol. The third-order valence-electron chi connectivity index (χ3n) is 3.39. The summed E-state index contributed by atoms with van der Waals surface area (Å²) in [5.74, 6) is 0.854. The van der Waals surface area contributed by atoms with E-state index in [1.807, 2.05) is 26.8 Å². The molecule has 1 N–H and O–H groups in total. The molecular weight excluding hydrogens is 354 g/mol. The van der Waals surface area contributed by atoms with Gasteiger partial charge in [0.25, 0.3) is 0 Å². The summed E-state index contributed by atoms with van der Waals surface area (Å²) in [6.07, 6.45) is 2.11. The maximum atomic E-state index is 11.7. The van der Waals surface area contributed by atoms with Crippen LogP contribution >= 0.6 is 27.5 Å². The van der Waals surface area contributed by atoms with E-state index in [4.69, 9.17) is 16.3 Å². The van der Waals surface area contributed by atoms with E-state index in [1.165, 1.54) is 0 Å². The molecule has 0 heterocycles. The molecule has 3 nitrogen and oxygen atoms in total. The van der Waals surface area contributed by atoms with Gasteiger partial charge in [-0.05, 0) is 66.7 Å². The quantitative estimate of drug-likeness (QED) is 0.695. The number of benzene rings is 1. The van der Waals surface area contributed by atoms with Gasteiger partial charge in [0.2, 0.25) is 5.91 Å². The van der Waals surface area contributed by atoms with Gasteiger partial charge < -0.3 is 10.1 Å². The van der Waals surface area contributed by atoms with E-state index in [-0.39, 0.29) is 11.9 Å². The number of hydrogen-bond donors (Lipinski definition) is 1. The average Bonchev–Trinajstić information content (AvgIpc) is 2.46. The highest BCUT2D eigenvalue weighted by Gasteiger charge is 2.11. The molecule has 0 saturated carbocycles. The molecule has 1 aromatic rings. The Morgan fingerprint density at radius 3 is 2.76 bits per heavy atom. The van der Waals surface area contributed by atoms with Gasteiger partial charge in [-0.2, -0.15) is 0 Å². The molecule has 0 radical (unpaired) electrons.